The van der Waals surface area contributed by atoms with Crippen LogP contribution in [-0.4, -0.2) is 18.4 Å². The Morgan fingerprint density at radius 3 is 2.12 bits per heavy atom. The third-order valence-corrected chi connectivity index (χ3v) is 5.81. The second kappa shape index (κ2) is 10.1. The van der Waals surface area contributed by atoms with Gasteiger partial charge >= 0.3 is 6.03 Å². The van der Waals surface area contributed by atoms with E-state index in [4.69, 9.17) is 4.74 Å². The van der Waals surface area contributed by atoms with Gasteiger partial charge in [-0.25, -0.2) is 4.79 Å². The van der Waals surface area contributed by atoms with E-state index in [1.807, 2.05) is 73.7 Å². The van der Waals surface area contributed by atoms with Crippen molar-refractivity contribution in [1.82, 2.24) is 0 Å². The maximum absolute atomic E-state index is 12.6. The van der Waals surface area contributed by atoms with Crippen LogP contribution in [0, 0.1) is 5.92 Å². The van der Waals surface area contributed by atoms with Crippen molar-refractivity contribution in [3.63, 3.8) is 0 Å². The number of rotatable bonds is 7. The number of nitrogens with one attached hydrogen (secondary N) is 2. The zero-order chi connectivity index (χ0) is 22.3. The fourth-order valence-electron chi connectivity index (χ4n) is 4.13. The average molecular weight is 429 g/mol. The van der Waals surface area contributed by atoms with Gasteiger partial charge in [0, 0.05) is 17.2 Å². The molecular formula is C27H28N2O3. The molecule has 4 rings (SSSR count). The summed E-state index contributed by atoms with van der Waals surface area (Å²) in [6, 6.07) is 22.5. The van der Waals surface area contributed by atoms with Crippen LogP contribution in [-0.2, 0) is 0 Å². The molecule has 1 saturated carbocycles. The maximum Gasteiger partial charge on any atom is 0.323 e. The van der Waals surface area contributed by atoms with E-state index in [9.17, 15) is 9.59 Å². The molecule has 0 atom stereocenters. The number of anilines is 2. The molecule has 0 radical (unpaired) electrons. The number of ether oxygens (including phenoxy) is 1. The van der Waals surface area contributed by atoms with Crippen LogP contribution in [0.15, 0.2) is 72.8 Å². The molecule has 2 N–H and O–H groups in total. The highest BCUT2D eigenvalue weighted by atomic mass is 16.5. The first-order valence-electron chi connectivity index (χ1n) is 11.2. The zero-order valence-electron chi connectivity index (χ0n) is 18.3. The van der Waals surface area contributed by atoms with Crippen molar-refractivity contribution in [3.8, 4) is 16.9 Å². The first-order chi connectivity index (χ1) is 15.6. The number of hydrogen-bond acceptors (Lipinski definition) is 3. The van der Waals surface area contributed by atoms with Gasteiger partial charge in [0.2, 0.25) is 0 Å². The Hall–Kier alpha value is -3.60. The second-order valence-electron chi connectivity index (χ2n) is 8.01. The smallest absolute Gasteiger partial charge is 0.323 e. The predicted octanol–water partition coefficient (Wildman–Crippen LogP) is 6.77. The Kier molecular flexibility index (Phi) is 6.85. The molecule has 1 aliphatic carbocycles. The number of carbonyl (C=O) groups is 2. The van der Waals surface area contributed by atoms with E-state index in [0.29, 0.717) is 23.7 Å². The maximum atomic E-state index is 12.6. The summed E-state index contributed by atoms with van der Waals surface area (Å²) in [5, 5.41) is 5.67. The fourth-order valence-corrected chi connectivity index (χ4v) is 4.13. The monoisotopic (exact) mass is 428 g/mol. The summed E-state index contributed by atoms with van der Waals surface area (Å²) in [4.78, 5) is 25.0. The molecule has 0 unspecified atom stereocenters. The lowest BCUT2D eigenvalue weighted by atomic mass is 9.94. The van der Waals surface area contributed by atoms with Gasteiger partial charge in [-0.15, -0.1) is 0 Å². The van der Waals surface area contributed by atoms with Gasteiger partial charge < -0.3 is 15.4 Å². The number of benzene rings is 3. The van der Waals surface area contributed by atoms with E-state index in [0.717, 1.165) is 42.4 Å². The molecule has 0 aliphatic heterocycles. The highest BCUT2D eigenvalue weighted by Crippen LogP contribution is 2.29. The molecular weight excluding hydrogens is 400 g/mol. The van der Waals surface area contributed by atoms with Gasteiger partial charge in [0.05, 0.1) is 12.3 Å². The highest BCUT2D eigenvalue weighted by Gasteiger charge is 2.23. The Balaban J connectivity index is 1.38. The van der Waals surface area contributed by atoms with Gasteiger partial charge in [0.25, 0.3) is 0 Å². The molecule has 0 bridgehead atoms. The van der Waals surface area contributed by atoms with Crippen molar-refractivity contribution in [1.29, 1.82) is 0 Å². The van der Waals surface area contributed by atoms with Crippen LogP contribution in [0.4, 0.5) is 16.2 Å². The van der Waals surface area contributed by atoms with Crippen molar-refractivity contribution in [2.24, 2.45) is 5.92 Å². The number of ketones is 1. The van der Waals surface area contributed by atoms with E-state index in [1.165, 1.54) is 0 Å². The Morgan fingerprint density at radius 1 is 0.844 bits per heavy atom. The number of urea groups is 1. The fraction of sp³-hybridized carbons (Fsp3) is 0.259. The molecule has 3 aromatic rings. The average Bonchev–Trinajstić information content (AvgIpc) is 3.36. The molecule has 32 heavy (non-hydrogen) atoms. The van der Waals surface area contributed by atoms with Crippen LogP contribution in [0.5, 0.6) is 5.75 Å². The molecule has 0 aromatic heterocycles. The number of carbonyl (C=O) groups excluding carboxylic acids is 2. The molecule has 5 heteroatoms. The quantitative estimate of drug-likeness (QED) is 0.408. The summed E-state index contributed by atoms with van der Waals surface area (Å²) in [6.07, 6.45) is 4.34. The molecule has 0 spiro atoms. The van der Waals surface area contributed by atoms with E-state index < -0.39 is 0 Å². The van der Waals surface area contributed by atoms with E-state index in [2.05, 4.69) is 10.6 Å². The molecule has 3 aromatic carbocycles. The van der Waals surface area contributed by atoms with Crippen LogP contribution in [0.3, 0.4) is 0 Å². The third kappa shape index (κ3) is 5.17. The lowest BCUT2D eigenvalue weighted by molar-refractivity contribution is 0.0923. The van der Waals surface area contributed by atoms with Gasteiger partial charge in [-0.1, -0.05) is 61.4 Å². The topological polar surface area (TPSA) is 67.4 Å². The van der Waals surface area contributed by atoms with Crippen LogP contribution in [0.25, 0.3) is 11.1 Å². The normalized spacial score (nSPS) is 13.5. The summed E-state index contributed by atoms with van der Waals surface area (Å²) in [5.41, 5.74) is 4.17. The summed E-state index contributed by atoms with van der Waals surface area (Å²) in [7, 11) is 0. The minimum absolute atomic E-state index is 0.192. The van der Waals surface area contributed by atoms with Gasteiger partial charge in [-0.2, -0.15) is 0 Å². The minimum Gasteiger partial charge on any atom is -0.492 e. The van der Waals surface area contributed by atoms with Gasteiger partial charge in [-0.05, 0) is 55.2 Å². The highest BCUT2D eigenvalue weighted by molar-refractivity contribution is 6.01. The Labute approximate surface area is 188 Å². The van der Waals surface area contributed by atoms with Gasteiger partial charge in [-0.3, -0.25) is 4.79 Å². The summed E-state index contributed by atoms with van der Waals surface area (Å²) < 4.78 is 5.54. The van der Waals surface area contributed by atoms with Crippen LogP contribution in [0.1, 0.15) is 43.0 Å². The first kappa shape index (κ1) is 21.6. The van der Waals surface area contributed by atoms with Crippen LogP contribution in [0.2, 0.25) is 0 Å². The molecule has 1 aliphatic rings. The van der Waals surface area contributed by atoms with Gasteiger partial charge in [0.15, 0.2) is 5.78 Å². The standard InChI is InChI=1S/C27H28N2O3/c1-2-32-25-10-6-5-9-24(25)29-27(31)28-23-17-15-20(16-18-23)19-11-13-22(14-12-19)26(30)21-7-3-4-8-21/h5-6,9-18,21H,2-4,7-8H2,1H3,(H2,28,29,31). The Morgan fingerprint density at radius 2 is 1.47 bits per heavy atom. The number of para-hydroxylation sites is 2. The first-order valence-corrected chi connectivity index (χ1v) is 11.2. The molecule has 164 valence electrons. The van der Waals surface area contributed by atoms with Crippen molar-refractivity contribution in [2.75, 3.05) is 17.2 Å². The number of Topliss-reactive ketones (excluding diaryl/α,β-unsaturated/α-hetero) is 1. The van der Waals surface area contributed by atoms with Crippen molar-refractivity contribution in [2.45, 2.75) is 32.6 Å². The molecule has 0 saturated heterocycles. The lowest BCUT2D eigenvalue weighted by Crippen LogP contribution is -2.19. The van der Waals surface area contributed by atoms with Crippen molar-refractivity contribution < 1.29 is 14.3 Å². The summed E-state index contributed by atoms with van der Waals surface area (Å²) >= 11 is 0. The second-order valence-corrected chi connectivity index (χ2v) is 8.01. The number of amides is 2. The van der Waals surface area contributed by atoms with Crippen LogP contribution >= 0.6 is 0 Å². The Bertz CT molecular complexity index is 1070. The van der Waals surface area contributed by atoms with Gasteiger partial charge in [0.1, 0.15) is 5.75 Å². The summed E-state index contributed by atoms with van der Waals surface area (Å²) in [6.45, 7) is 2.43. The third-order valence-electron chi connectivity index (χ3n) is 5.81. The van der Waals surface area contributed by atoms with Crippen LogP contribution < -0.4 is 15.4 Å². The minimum atomic E-state index is -0.334. The molecule has 1 fully saturated rings. The van der Waals surface area contributed by atoms with Crippen molar-refractivity contribution >= 4 is 23.2 Å². The molecule has 0 heterocycles. The van der Waals surface area contributed by atoms with E-state index >= 15 is 0 Å². The SMILES string of the molecule is CCOc1ccccc1NC(=O)Nc1ccc(-c2ccc(C(=O)C3CCCC3)cc2)cc1. The lowest BCUT2D eigenvalue weighted by Gasteiger charge is -2.12. The largest absolute Gasteiger partial charge is 0.492 e. The predicted molar refractivity (Wildman–Crippen MR) is 128 cm³/mol. The van der Waals surface area contributed by atoms with Crippen molar-refractivity contribution in [3.05, 3.63) is 78.4 Å². The molecule has 2 amide bonds. The summed E-state index contributed by atoms with van der Waals surface area (Å²) in [5.74, 6) is 1.10. The van der Waals surface area contributed by atoms with E-state index in [-0.39, 0.29) is 17.7 Å². The number of hydrogen-bond donors (Lipinski definition) is 2. The zero-order valence-corrected chi connectivity index (χ0v) is 18.3. The molecule has 5 nitrogen and oxygen atoms in total. The van der Waals surface area contributed by atoms with E-state index in [1.54, 1.807) is 6.07 Å².